The molecule has 0 bridgehead atoms. The molecule has 0 aliphatic carbocycles. The molecule has 1 amide bonds. The molecule has 1 unspecified atom stereocenters. The van der Waals surface area contributed by atoms with Crippen molar-refractivity contribution in [1.82, 2.24) is 0 Å². The fourth-order valence-electron chi connectivity index (χ4n) is 4.35. The first kappa shape index (κ1) is 22.7. The van der Waals surface area contributed by atoms with E-state index in [0.717, 1.165) is 21.4 Å². The van der Waals surface area contributed by atoms with Crippen LogP contribution in [0.1, 0.15) is 16.7 Å². The van der Waals surface area contributed by atoms with Crippen LogP contribution in [-0.2, 0) is 27.0 Å². The van der Waals surface area contributed by atoms with E-state index in [2.05, 4.69) is 0 Å². The van der Waals surface area contributed by atoms with E-state index in [-0.39, 0.29) is 17.0 Å². The zero-order valence-corrected chi connectivity index (χ0v) is 19.2. The van der Waals surface area contributed by atoms with Crippen LogP contribution >= 0.6 is 0 Å². The van der Waals surface area contributed by atoms with E-state index in [4.69, 9.17) is 5.14 Å². The Hall–Kier alpha value is -4.05. The number of benzene rings is 3. The summed E-state index contributed by atoms with van der Waals surface area (Å²) >= 11 is 0. The van der Waals surface area contributed by atoms with Crippen LogP contribution in [0.3, 0.4) is 0 Å². The number of aliphatic hydroxyl groups is 1. The van der Waals surface area contributed by atoms with Crippen LogP contribution in [0.25, 0.3) is 11.1 Å². The van der Waals surface area contributed by atoms with E-state index in [1.165, 1.54) is 41.6 Å². The summed E-state index contributed by atoms with van der Waals surface area (Å²) in [5, 5.41) is 28.1. The van der Waals surface area contributed by atoms with Crippen molar-refractivity contribution < 1.29 is 23.0 Å². The Kier molecular flexibility index (Phi) is 5.40. The van der Waals surface area contributed by atoms with E-state index in [1.54, 1.807) is 36.4 Å². The molecule has 8 nitrogen and oxygen atoms in total. The first-order valence-electron chi connectivity index (χ1n) is 10.7. The number of carbonyl (C=O) groups is 1. The van der Waals surface area contributed by atoms with Crippen LogP contribution in [0.15, 0.2) is 102 Å². The number of pyridine rings is 1. The second kappa shape index (κ2) is 8.31. The Morgan fingerprint density at radius 3 is 2.11 bits per heavy atom. The van der Waals surface area contributed by atoms with Crippen molar-refractivity contribution >= 4 is 21.6 Å². The maximum Gasteiger partial charge on any atom is 0.268 e. The molecular weight excluding hydrogens is 466 g/mol. The Morgan fingerprint density at radius 1 is 0.886 bits per heavy atom. The molecule has 0 spiro atoms. The lowest BCUT2D eigenvalue weighted by atomic mass is 9.87. The third kappa shape index (κ3) is 3.95. The number of para-hydroxylation sites is 1. The largest absolute Gasteiger partial charge is 0.619 e. The van der Waals surface area contributed by atoms with Crippen molar-refractivity contribution in [3.8, 4) is 11.1 Å². The zero-order chi connectivity index (χ0) is 24.8. The number of primary sulfonamides is 1. The fraction of sp³-hybridized carbons (Fsp3) is 0.0769. The Labute approximate surface area is 202 Å². The number of hydrogen-bond acceptors (Lipinski definition) is 5. The Balaban J connectivity index is 1.47. The smallest absolute Gasteiger partial charge is 0.268 e. The quantitative estimate of drug-likeness (QED) is 0.330. The first-order valence-corrected chi connectivity index (χ1v) is 12.3. The van der Waals surface area contributed by atoms with Crippen molar-refractivity contribution in [2.24, 2.45) is 5.14 Å². The molecule has 176 valence electrons. The third-order valence-electron chi connectivity index (χ3n) is 6.17. The van der Waals surface area contributed by atoms with Crippen LogP contribution in [0.2, 0.25) is 0 Å². The molecule has 1 atom stereocenters. The van der Waals surface area contributed by atoms with Gasteiger partial charge in [0.2, 0.25) is 10.0 Å². The lowest BCUT2D eigenvalue weighted by Gasteiger charge is -2.24. The van der Waals surface area contributed by atoms with Crippen LogP contribution in [0, 0.1) is 5.21 Å². The maximum absolute atomic E-state index is 13.6. The summed E-state index contributed by atoms with van der Waals surface area (Å²) in [4.78, 5) is 15.0. The topological polar surface area (TPSA) is 128 Å². The van der Waals surface area contributed by atoms with E-state index in [0.29, 0.717) is 11.3 Å². The number of rotatable bonds is 5. The fourth-order valence-corrected chi connectivity index (χ4v) is 4.86. The summed E-state index contributed by atoms with van der Waals surface area (Å²) in [6.45, 7) is 0.225. The highest BCUT2D eigenvalue weighted by molar-refractivity contribution is 7.89. The lowest BCUT2D eigenvalue weighted by molar-refractivity contribution is -0.605. The average Bonchev–Trinajstić information content (AvgIpc) is 3.07. The number of hydrogen-bond donors (Lipinski definition) is 2. The van der Waals surface area contributed by atoms with Crippen LogP contribution in [0.5, 0.6) is 0 Å². The van der Waals surface area contributed by atoms with Crippen molar-refractivity contribution in [3.05, 3.63) is 119 Å². The molecule has 0 saturated carbocycles. The Bertz CT molecular complexity index is 1520. The highest BCUT2D eigenvalue weighted by Crippen LogP contribution is 2.45. The number of carbonyl (C=O) groups excluding carboxylic acids is 1. The summed E-state index contributed by atoms with van der Waals surface area (Å²) in [5.74, 6) is -0.533. The molecule has 0 fully saturated rings. The number of aromatic nitrogens is 1. The van der Waals surface area contributed by atoms with Gasteiger partial charge in [-0.3, -0.25) is 4.79 Å². The summed E-state index contributed by atoms with van der Waals surface area (Å²) < 4.78 is 24.0. The number of anilines is 1. The van der Waals surface area contributed by atoms with Gasteiger partial charge in [-0.2, -0.15) is 4.73 Å². The molecule has 3 aromatic carbocycles. The zero-order valence-electron chi connectivity index (χ0n) is 18.4. The predicted octanol–water partition coefficient (Wildman–Crippen LogP) is 2.42. The standard InChI is InChI=1S/C26H21N3O5S/c27-35(33,34)22-11-9-21(10-12-22)26(31)23-3-1-2-4-24(23)29(25(26)30)17-18-5-7-19(8-6-18)20-13-15-28(32)16-14-20/h1-16,31H,17H2,(H2,27,33,34). The van der Waals surface area contributed by atoms with Gasteiger partial charge in [0.25, 0.3) is 5.91 Å². The van der Waals surface area contributed by atoms with E-state index < -0.39 is 21.5 Å². The highest BCUT2D eigenvalue weighted by Gasteiger charge is 2.50. The van der Waals surface area contributed by atoms with Crippen LogP contribution < -0.4 is 14.8 Å². The van der Waals surface area contributed by atoms with Gasteiger partial charge >= 0.3 is 0 Å². The van der Waals surface area contributed by atoms with Crippen molar-refractivity contribution in [2.75, 3.05) is 4.90 Å². The SMILES string of the molecule is NS(=O)(=O)c1ccc(C2(O)C(=O)N(Cc3ccc(-c4cc[n+]([O-])cc4)cc3)c3ccccc32)cc1. The summed E-state index contributed by atoms with van der Waals surface area (Å²) in [5.41, 5.74) is 1.94. The molecule has 1 aliphatic rings. The van der Waals surface area contributed by atoms with Crippen molar-refractivity contribution in [1.29, 1.82) is 0 Å². The van der Waals surface area contributed by atoms with Gasteiger partial charge in [-0.15, -0.1) is 0 Å². The van der Waals surface area contributed by atoms with Gasteiger partial charge in [-0.25, -0.2) is 13.6 Å². The number of amides is 1. The van der Waals surface area contributed by atoms with E-state index in [1.807, 2.05) is 24.3 Å². The molecule has 1 aliphatic heterocycles. The molecule has 3 N–H and O–H groups in total. The van der Waals surface area contributed by atoms with Gasteiger partial charge < -0.3 is 15.2 Å². The van der Waals surface area contributed by atoms with Gasteiger partial charge in [0.05, 0.1) is 17.1 Å². The first-order chi connectivity index (χ1) is 16.7. The minimum Gasteiger partial charge on any atom is -0.619 e. The third-order valence-corrected chi connectivity index (χ3v) is 7.10. The second-order valence-electron chi connectivity index (χ2n) is 8.33. The Morgan fingerprint density at radius 2 is 1.49 bits per heavy atom. The van der Waals surface area contributed by atoms with Crippen molar-refractivity contribution in [3.63, 3.8) is 0 Å². The van der Waals surface area contributed by atoms with Gasteiger partial charge in [0.15, 0.2) is 18.0 Å². The van der Waals surface area contributed by atoms with E-state index >= 15 is 0 Å². The lowest BCUT2D eigenvalue weighted by Crippen LogP contribution is -2.40. The van der Waals surface area contributed by atoms with Crippen molar-refractivity contribution in [2.45, 2.75) is 17.0 Å². The second-order valence-corrected chi connectivity index (χ2v) is 9.89. The van der Waals surface area contributed by atoms with Crippen LogP contribution in [-0.4, -0.2) is 19.4 Å². The normalized spacial score (nSPS) is 17.4. The van der Waals surface area contributed by atoms with Gasteiger partial charge in [-0.05, 0) is 40.5 Å². The molecule has 1 aromatic heterocycles. The molecule has 9 heteroatoms. The van der Waals surface area contributed by atoms with Crippen LogP contribution in [0.4, 0.5) is 5.69 Å². The van der Waals surface area contributed by atoms with Gasteiger partial charge in [0, 0.05) is 17.7 Å². The maximum atomic E-state index is 13.6. The summed E-state index contributed by atoms with van der Waals surface area (Å²) in [6, 6.07) is 23.4. The average molecular weight is 488 g/mol. The number of fused-ring (bicyclic) bond motifs is 1. The molecule has 0 radical (unpaired) electrons. The summed E-state index contributed by atoms with van der Waals surface area (Å²) in [7, 11) is -3.91. The predicted molar refractivity (Wildman–Crippen MR) is 129 cm³/mol. The van der Waals surface area contributed by atoms with Gasteiger partial charge in [-0.1, -0.05) is 54.6 Å². The minimum atomic E-state index is -3.91. The van der Waals surface area contributed by atoms with Gasteiger partial charge in [0.1, 0.15) is 0 Å². The molecule has 2 heterocycles. The number of nitrogens with two attached hydrogens (primary N) is 1. The molecule has 35 heavy (non-hydrogen) atoms. The molecule has 4 aromatic rings. The minimum absolute atomic E-state index is 0.107. The van der Waals surface area contributed by atoms with E-state index in [9.17, 15) is 23.5 Å². The monoisotopic (exact) mass is 487 g/mol. The highest BCUT2D eigenvalue weighted by atomic mass is 32.2. The summed E-state index contributed by atoms with van der Waals surface area (Å²) in [6.07, 6.45) is 2.86. The molecule has 0 saturated heterocycles. The number of nitrogens with zero attached hydrogens (tertiary/aromatic N) is 2. The molecular formula is C26H21N3O5S. The number of sulfonamides is 1. The molecule has 5 rings (SSSR count).